The summed E-state index contributed by atoms with van der Waals surface area (Å²) < 4.78 is 0. The van der Waals surface area contributed by atoms with Crippen molar-refractivity contribution >= 4 is 28.5 Å². The number of nitrogens with zero attached hydrogens (tertiary/aromatic N) is 2. The van der Waals surface area contributed by atoms with E-state index in [2.05, 4.69) is 25.8 Å². The fraction of sp³-hybridized carbons (Fsp3) is 0.292. The first kappa shape index (κ1) is 20.8. The summed E-state index contributed by atoms with van der Waals surface area (Å²) in [6, 6.07) is 18.8. The van der Waals surface area contributed by atoms with Gasteiger partial charge in [-0.2, -0.15) is 0 Å². The SMILES string of the molecule is Cc1cc(NC(=O)NCCN2CCC(NC(=O)c3ccccc3)C2)c2ccccc2n1. The lowest BCUT2D eigenvalue weighted by Gasteiger charge is -2.17. The van der Waals surface area contributed by atoms with Gasteiger partial charge in [0.15, 0.2) is 0 Å². The van der Waals surface area contributed by atoms with E-state index in [1.807, 2.05) is 67.6 Å². The van der Waals surface area contributed by atoms with E-state index in [-0.39, 0.29) is 18.0 Å². The second kappa shape index (κ2) is 9.57. The molecule has 1 saturated heterocycles. The number of pyridine rings is 1. The summed E-state index contributed by atoms with van der Waals surface area (Å²) >= 11 is 0. The molecule has 160 valence electrons. The van der Waals surface area contributed by atoms with Crippen molar-refractivity contribution in [2.45, 2.75) is 19.4 Å². The third-order valence-electron chi connectivity index (χ3n) is 5.45. The Balaban J connectivity index is 1.22. The zero-order valence-electron chi connectivity index (χ0n) is 17.6. The lowest BCUT2D eigenvalue weighted by molar-refractivity contribution is 0.0938. The van der Waals surface area contributed by atoms with Crippen LogP contribution in [-0.2, 0) is 0 Å². The number of aromatic nitrogens is 1. The van der Waals surface area contributed by atoms with Crippen LogP contribution in [0.5, 0.6) is 0 Å². The van der Waals surface area contributed by atoms with Crippen LogP contribution in [0, 0.1) is 6.92 Å². The largest absolute Gasteiger partial charge is 0.348 e. The maximum absolute atomic E-state index is 12.4. The van der Waals surface area contributed by atoms with E-state index < -0.39 is 0 Å². The van der Waals surface area contributed by atoms with Crippen LogP contribution in [-0.4, -0.2) is 54.0 Å². The summed E-state index contributed by atoms with van der Waals surface area (Å²) in [4.78, 5) is 31.4. The third kappa shape index (κ3) is 5.38. The molecule has 0 radical (unpaired) electrons. The predicted octanol–water partition coefficient (Wildman–Crippen LogP) is 3.17. The minimum atomic E-state index is -0.233. The number of nitrogens with one attached hydrogen (secondary N) is 3. The Bertz CT molecular complexity index is 1070. The molecule has 1 aromatic heterocycles. The topological polar surface area (TPSA) is 86.4 Å². The molecule has 1 aliphatic heterocycles. The first-order valence-electron chi connectivity index (χ1n) is 10.6. The van der Waals surface area contributed by atoms with Gasteiger partial charge in [0.1, 0.15) is 0 Å². The van der Waals surface area contributed by atoms with E-state index in [0.29, 0.717) is 12.1 Å². The molecule has 0 aliphatic carbocycles. The number of carbonyl (C=O) groups is 2. The van der Waals surface area contributed by atoms with Gasteiger partial charge in [-0.1, -0.05) is 36.4 Å². The molecule has 7 nitrogen and oxygen atoms in total. The van der Waals surface area contributed by atoms with Crippen LogP contribution in [0.3, 0.4) is 0 Å². The fourth-order valence-corrected chi connectivity index (χ4v) is 3.92. The summed E-state index contributed by atoms with van der Waals surface area (Å²) in [6.45, 7) is 4.87. The number of para-hydroxylation sites is 1. The number of benzene rings is 2. The molecule has 2 heterocycles. The Morgan fingerprint density at radius 3 is 2.71 bits per heavy atom. The van der Waals surface area contributed by atoms with Crippen molar-refractivity contribution in [2.24, 2.45) is 0 Å². The molecular formula is C24H27N5O2. The monoisotopic (exact) mass is 417 g/mol. The number of anilines is 1. The molecule has 3 N–H and O–H groups in total. The molecule has 3 amide bonds. The highest BCUT2D eigenvalue weighted by atomic mass is 16.2. The predicted molar refractivity (Wildman–Crippen MR) is 122 cm³/mol. The molecule has 1 fully saturated rings. The highest BCUT2D eigenvalue weighted by Gasteiger charge is 2.23. The molecule has 7 heteroatoms. The maximum atomic E-state index is 12.4. The first-order chi connectivity index (χ1) is 15.1. The number of hydrogen-bond donors (Lipinski definition) is 3. The zero-order chi connectivity index (χ0) is 21.6. The molecule has 1 unspecified atom stereocenters. The maximum Gasteiger partial charge on any atom is 0.319 e. The number of carbonyl (C=O) groups excluding carboxylic acids is 2. The average Bonchev–Trinajstić information content (AvgIpc) is 3.21. The Morgan fingerprint density at radius 2 is 1.87 bits per heavy atom. The van der Waals surface area contributed by atoms with E-state index in [0.717, 1.165) is 48.3 Å². The summed E-state index contributed by atoms with van der Waals surface area (Å²) in [5.74, 6) is -0.0372. The fourth-order valence-electron chi connectivity index (χ4n) is 3.92. The van der Waals surface area contributed by atoms with Crippen molar-refractivity contribution in [1.82, 2.24) is 20.5 Å². The molecule has 0 spiro atoms. The standard InChI is InChI=1S/C24H27N5O2/c1-17-15-22(20-9-5-6-10-21(20)26-17)28-24(31)25-12-14-29-13-11-19(16-29)27-23(30)18-7-3-2-4-8-18/h2-10,15,19H,11-14,16H2,1H3,(H,27,30)(H2,25,26,28,31). The quantitative estimate of drug-likeness (QED) is 0.575. The van der Waals surface area contributed by atoms with Crippen LogP contribution >= 0.6 is 0 Å². The van der Waals surface area contributed by atoms with Crippen LogP contribution in [0.15, 0.2) is 60.7 Å². The molecule has 1 atom stereocenters. The number of urea groups is 1. The summed E-state index contributed by atoms with van der Waals surface area (Å²) in [5.41, 5.74) is 3.15. The van der Waals surface area contributed by atoms with E-state index >= 15 is 0 Å². The normalized spacial score (nSPS) is 16.2. The van der Waals surface area contributed by atoms with Crippen molar-refractivity contribution < 1.29 is 9.59 Å². The van der Waals surface area contributed by atoms with Crippen molar-refractivity contribution in [2.75, 3.05) is 31.5 Å². The van der Waals surface area contributed by atoms with Gasteiger partial charge in [0, 0.05) is 48.9 Å². The Labute approximate surface area is 181 Å². The van der Waals surface area contributed by atoms with Crippen LogP contribution in [0.4, 0.5) is 10.5 Å². The number of aryl methyl sites for hydroxylation is 1. The highest BCUT2D eigenvalue weighted by Crippen LogP contribution is 2.22. The Hall–Kier alpha value is -3.45. The highest BCUT2D eigenvalue weighted by molar-refractivity contribution is 6.00. The van der Waals surface area contributed by atoms with Gasteiger partial charge in [-0.15, -0.1) is 0 Å². The second-order valence-corrected chi connectivity index (χ2v) is 7.83. The van der Waals surface area contributed by atoms with Gasteiger partial charge in [0.05, 0.1) is 11.2 Å². The third-order valence-corrected chi connectivity index (χ3v) is 5.45. The smallest absolute Gasteiger partial charge is 0.319 e. The minimum absolute atomic E-state index is 0.0372. The lowest BCUT2D eigenvalue weighted by Crippen LogP contribution is -2.39. The van der Waals surface area contributed by atoms with E-state index in [4.69, 9.17) is 0 Å². The van der Waals surface area contributed by atoms with Gasteiger partial charge in [0.2, 0.25) is 0 Å². The van der Waals surface area contributed by atoms with Gasteiger partial charge >= 0.3 is 6.03 Å². The van der Waals surface area contributed by atoms with Crippen molar-refractivity contribution in [3.63, 3.8) is 0 Å². The van der Waals surface area contributed by atoms with Crippen LogP contribution < -0.4 is 16.0 Å². The molecule has 31 heavy (non-hydrogen) atoms. The first-order valence-corrected chi connectivity index (χ1v) is 10.6. The van der Waals surface area contributed by atoms with Crippen molar-refractivity contribution in [1.29, 1.82) is 0 Å². The average molecular weight is 418 g/mol. The molecule has 4 rings (SSSR count). The Morgan fingerprint density at radius 1 is 1.10 bits per heavy atom. The summed E-state index contributed by atoms with van der Waals surface area (Å²) in [5, 5.41) is 9.87. The minimum Gasteiger partial charge on any atom is -0.348 e. The number of amides is 3. The van der Waals surface area contributed by atoms with Gasteiger partial charge in [-0.3, -0.25) is 14.7 Å². The summed E-state index contributed by atoms with van der Waals surface area (Å²) in [7, 11) is 0. The van der Waals surface area contributed by atoms with Crippen LogP contribution in [0.1, 0.15) is 22.5 Å². The molecule has 0 saturated carbocycles. The molecule has 2 aromatic carbocycles. The zero-order valence-corrected chi connectivity index (χ0v) is 17.6. The molecule has 1 aliphatic rings. The number of hydrogen-bond acceptors (Lipinski definition) is 4. The van der Waals surface area contributed by atoms with Crippen LogP contribution in [0.25, 0.3) is 10.9 Å². The van der Waals surface area contributed by atoms with Gasteiger partial charge in [-0.25, -0.2) is 4.79 Å². The second-order valence-electron chi connectivity index (χ2n) is 7.83. The lowest BCUT2D eigenvalue weighted by atomic mass is 10.1. The molecular weight excluding hydrogens is 390 g/mol. The number of fused-ring (bicyclic) bond motifs is 1. The number of rotatable bonds is 6. The summed E-state index contributed by atoms with van der Waals surface area (Å²) in [6.07, 6.45) is 0.910. The van der Waals surface area contributed by atoms with E-state index in [9.17, 15) is 9.59 Å². The Kier molecular flexibility index (Phi) is 6.43. The van der Waals surface area contributed by atoms with Gasteiger partial charge in [0.25, 0.3) is 5.91 Å². The van der Waals surface area contributed by atoms with Crippen LogP contribution in [0.2, 0.25) is 0 Å². The van der Waals surface area contributed by atoms with Gasteiger partial charge in [-0.05, 0) is 37.6 Å². The van der Waals surface area contributed by atoms with E-state index in [1.54, 1.807) is 0 Å². The van der Waals surface area contributed by atoms with E-state index in [1.165, 1.54) is 0 Å². The van der Waals surface area contributed by atoms with Gasteiger partial charge < -0.3 is 16.0 Å². The number of likely N-dealkylation sites (tertiary alicyclic amines) is 1. The molecule has 3 aromatic rings. The van der Waals surface area contributed by atoms with Crippen molar-refractivity contribution in [3.05, 3.63) is 71.9 Å². The van der Waals surface area contributed by atoms with Crippen molar-refractivity contribution in [3.8, 4) is 0 Å². The molecule has 0 bridgehead atoms.